The van der Waals surface area contributed by atoms with Crippen molar-refractivity contribution in [3.05, 3.63) is 30.2 Å². The fraction of sp³-hybridized carbons (Fsp3) is 0.273. The molecule has 92 valence electrons. The van der Waals surface area contributed by atoms with E-state index in [0.717, 1.165) is 0 Å². The summed E-state index contributed by atoms with van der Waals surface area (Å²) in [5, 5.41) is 19.6. The van der Waals surface area contributed by atoms with Crippen molar-refractivity contribution in [2.45, 2.75) is 12.5 Å². The van der Waals surface area contributed by atoms with E-state index in [-0.39, 0.29) is 13.0 Å². The molecular formula is C11H13NO5. The Morgan fingerprint density at radius 1 is 1.53 bits per heavy atom. The van der Waals surface area contributed by atoms with Crippen molar-refractivity contribution in [3.63, 3.8) is 0 Å². The predicted octanol–water partition coefficient (Wildman–Crippen LogP) is 0.245. The van der Waals surface area contributed by atoms with Gasteiger partial charge in [-0.15, -0.1) is 0 Å². The first-order valence-electron chi connectivity index (χ1n) is 4.99. The predicted molar refractivity (Wildman–Crippen MR) is 59.0 cm³/mol. The van der Waals surface area contributed by atoms with Crippen molar-refractivity contribution < 1.29 is 24.2 Å². The largest absolute Gasteiger partial charge is 0.480 e. The van der Waals surface area contributed by atoms with Crippen LogP contribution in [-0.4, -0.2) is 34.7 Å². The number of rotatable bonds is 6. The smallest absolute Gasteiger partial charge is 0.326 e. The number of furan rings is 1. The lowest BCUT2D eigenvalue weighted by molar-refractivity contribution is -0.141. The molecule has 0 aliphatic carbocycles. The molecule has 1 aromatic heterocycles. The van der Waals surface area contributed by atoms with E-state index in [1.54, 1.807) is 12.1 Å². The summed E-state index contributed by atoms with van der Waals surface area (Å²) >= 11 is 0. The highest BCUT2D eigenvalue weighted by atomic mass is 16.4. The molecule has 0 spiro atoms. The Morgan fingerprint density at radius 2 is 2.29 bits per heavy atom. The molecule has 1 aromatic rings. The third kappa shape index (κ3) is 4.52. The van der Waals surface area contributed by atoms with E-state index < -0.39 is 17.9 Å². The fourth-order valence-electron chi connectivity index (χ4n) is 1.15. The van der Waals surface area contributed by atoms with Crippen LogP contribution in [-0.2, 0) is 9.59 Å². The summed E-state index contributed by atoms with van der Waals surface area (Å²) in [6.07, 6.45) is 4.03. The number of hydrogen-bond acceptors (Lipinski definition) is 4. The number of nitrogens with one attached hydrogen (secondary N) is 1. The van der Waals surface area contributed by atoms with Crippen molar-refractivity contribution in [2.24, 2.45) is 0 Å². The van der Waals surface area contributed by atoms with Crippen molar-refractivity contribution in [1.82, 2.24) is 5.32 Å². The van der Waals surface area contributed by atoms with Gasteiger partial charge in [0.15, 0.2) is 0 Å². The van der Waals surface area contributed by atoms with Gasteiger partial charge in [0.05, 0.1) is 6.26 Å². The zero-order chi connectivity index (χ0) is 12.7. The molecule has 0 fully saturated rings. The quantitative estimate of drug-likeness (QED) is 0.618. The summed E-state index contributed by atoms with van der Waals surface area (Å²) < 4.78 is 4.96. The summed E-state index contributed by atoms with van der Waals surface area (Å²) in [4.78, 5) is 22.0. The molecule has 17 heavy (non-hydrogen) atoms. The van der Waals surface area contributed by atoms with Crippen molar-refractivity contribution >= 4 is 18.0 Å². The SMILES string of the molecule is O=C(/C=C/c1ccco1)NC(CCO)C(=O)O. The minimum Gasteiger partial charge on any atom is -0.480 e. The average Bonchev–Trinajstić information content (AvgIpc) is 2.78. The van der Waals surface area contributed by atoms with E-state index >= 15 is 0 Å². The van der Waals surface area contributed by atoms with Crippen LogP contribution in [0.15, 0.2) is 28.9 Å². The maximum Gasteiger partial charge on any atom is 0.326 e. The molecule has 0 aromatic carbocycles. The highest BCUT2D eigenvalue weighted by Crippen LogP contribution is 2.02. The second-order valence-electron chi connectivity index (χ2n) is 3.26. The highest BCUT2D eigenvalue weighted by Gasteiger charge is 2.17. The maximum atomic E-state index is 11.3. The van der Waals surface area contributed by atoms with Crippen molar-refractivity contribution in [1.29, 1.82) is 0 Å². The summed E-state index contributed by atoms with van der Waals surface area (Å²) in [6.45, 7) is -0.306. The van der Waals surface area contributed by atoms with Crippen molar-refractivity contribution in [3.8, 4) is 0 Å². The van der Waals surface area contributed by atoms with E-state index in [1.807, 2.05) is 0 Å². The summed E-state index contributed by atoms with van der Waals surface area (Å²) in [5.41, 5.74) is 0. The van der Waals surface area contributed by atoms with Crippen LogP contribution in [0.1, 0.15) is 12.2 Å². The number of carbonyl (C=O) groups excluding carboxylic acids is 1. The Bertz CT molecular complexity index is 396. The number of carbonyl (C=O) groups is 2. The molecule has 6 heteroatoms. The number of carboxylic acids is 1. The normalized spacial score (nSPS) is 12.5. The summed E-state index contributed by atoms with van der Waals surface area (Å²) in [5.74, 6) is -1.24. The first-order chi connectivity index (χ1) is 8.13. The molecule has 1 rings (SSSR count). The zero-order valence-corrected chi connectivity index (χ0v) is 9.00. The molecular weight excluding hydrogens is 226 g/mol. The first-order valence-corrected chi connectivity index (χ1v) is 4.99. The Balaban J connectivity index is 2.50. The van der Waals surface area contributed by atoms with E-state index in [1.165, 1.54) is 18.4 Å². The highest BCUT2D eigenvalue weighted by molar-refractivity contribution is 5.94. The lowest BCUT2D eigenvalue weighted by atomic mass is 10.2. The Kier molecular flexibility index (Phi) is 4.96. The van der Waals surface area contributed by atoms with Crippen LogP contribution in [0.25, 0.3) is 6.08 Å². The fourth-order valence-corrected chi connectivity index (χ4v) is 1.15. The zero-order valence-electron chi connectivity index (χ0n) is 9.00. The lowest BCUT2D eigenvalue weighted by Crippen LogP contribution is -2.40. The molecule has 6 nitrogen and oxygen atoms in total. The lowest BCUT2D eigenvalue weighted by Gasteiger charge is -2.10. The summed E-state index contributed by atoms with van der Waals surface area (Å²) in [7, 11) is 0. The van der Waals surface area contributed by atoms with E-state index in [2.05, 4.69) is 5.32 Å². The number of aliphatic carboxylic acids is 1. The number of aliphatic hydroxyl groups excluding tert-OH is 1. The van der Waals surface area contributed by atoms with Gasteiger partial charge in [-0.3, -0.25) is 4.79 Å². The van der Waals surface area contributed by atoms with Gasteiger partial charge in [0.1, 0.15) is 11.8 Å². The molecule has 0 radical (unpaired) electrons. The number of aliphatic hydroxyl groups is 1. The van der Waals surface area contributed by atoms with Gasteiger partial charge in [0, 0.05) is 19.1 Å². The van der Waals surface area contributed by atoms with Gasteiger partial charge in [0.2, 0.25) is 5.91 Å². The van der Waals surface area contributed by atoms with E-state index in [9.17, 15) is 9.59 Å². The Hall–Kier alpha value is -2.08. The van der Waals surface area contributed by atoms with Crippen LogP contribution in [0.4, 0.5) is 0 Å². The second-order valence-corrected chi connectivity index (χ2v) is 3.26. The van der Waals surface area contributed by atoms with E-state index in [0.29, 0.717) is 5.76 Å². The van der Waals surface area contributed by atoms with Gasteiger partial charge in [-0.05, 0) is 18.2 Å². The monoisotopic (exact) mass is 239 g/mol. The van der Waals surface area contributed by atoms with Crippen LogP contribution < -0.4 is 5.32 Å². The molecule has 1 atom stereocenters. The topological polar surface area (TPSA) is 99.8 Å². The maximum absolute atomic E-state index is 11.3. The molecule has 0 aliphatic heterocycles. The average molecular weight is 239 g/mol. The van der Waals surface area contributed by atoms with Gasteiger partial charge >= 0.3 is 5.97 Å². The minimum absolute atomic E-state index is 0.0321. The second kappa shape index (κ2) is 6.49. The molecule has 0 saturated heterocycles. The van der Waals surface area contributed by atoms with Gasteiger partial charge in [-0.1, -0.05) is 0 Å². The third-order valence-corrected chi connectivity index (χ3v) is 1.97. The van der Waals surface area contributed by atoms with Gasteiger partial charge in [0.25, 0.3) is 0 Å². The van der Waals surface area contributed by atoms with Crippen LogP contribution in [0.5, 0.6) is 0 Å². The number of amides is 1. The Morgan fingerprint density at radius 3 is 2.82 bits per heavy atom. The van der Waals surface area contributed by atoms with Gasteiger partial charge < -0.3 is 19.9 Å². The first kappa shape index (κ1) is 13.0. The number of carboxylic acid groups (broad SMARTS) is 1. The third-order valence-electron chi connectivity index (χ3n) is 1.97. The van der Waals surface area contributed by atoms with Gasteiger partial charge in [-0.2, -0.15) is 0 Å². The molecule has 0 saturated carbocycles. The summed E-state index contributed by atoms with van der Waals surface area (Å²) in [6, 6.07) is 2.24. The molecule has 1 amide bonds. The molecule has 0 aliphatic rings. The molecule has 1 unspecified atom stereocenters. The van der Waals surface area contributed by atoms with Crippen molar-refractivity contribution in [2.75, 3.05) is 6.61 Å². The van der Waals surface area contributed by atoms with Gasteiger partial charge in [-0.25, -0.2) is 4.79 Å². The Labute approximate surface area is 97.6 Å². The molecule has 0 bridgehead atoms. The van der Waals surface area contributed by atoms with Crippen LogP contribution in [0.3, 0.4) is 0 Å². The molecule has 1 heterocycles. The number of hydrogen-bond donors (Lipinski definition) is 3. The minimum atomic E-state index is -1.18. The van der Waals surface area contributed by atoms with Crippen LogP contribution >= 0.6 is 0 Å². The molecule has 3 N–H and O–H groups in total. The van der Waals surface area contributed by atoms with E-state index in [4.69, 9.17) is 14.6 Å². The van der Waals surface area contributed by atoms with Crippen LogP contribution in [0, 0.1) is 0 Å². The van der Waals surface area contributed by atoms with Crippen LogP contribution in [0.2, 0.25) is 0 Å². The standard InChI is InChI=1S/C11H13NO5/c13-6-5-9(11(15)16)12-10(14)4-3-8-2-1-7-17-8/h1-4,7,9,13H,5-6H2,(H,12,14)(H,15,16)/b4-3+.